The summed E-state index contributed by atoms with van der Waals surface area (Å²) >= 11 is 1.60. The first kappa shape index (κ1) is 15.6. The molecule has 0 aliphatic carbocycles. The lowest BCUT2D eigenvalue weighted by molar-refractivity contribution is 0.484. The Morgan fingerprint density at radius 3 is 2.52 bits per heavy atom. The van der Waals surface area contributed by atoms with Gasteiger partial charge in [-0.1, -0.05) is 30.3 Å². The molecule has 0 amide bonds. The van der Waals surface area contributed by atoms with Crippen molar-refractivity contribution in [1.82, 2.24) is 15.0 Å². The van der Waals surface area contributed by atoms with Crippen molar-refractivity contribution < 1.29 is 4.74 Å². The van der Waals surface area contributed by atoms with Crippen molar-refractivity contribution in [2.45, 2.75) is 5.03 Å². The first-order chi connectivity index (χ1) is 12.3. The zero-order valence-electron chi connectivity index (χ0n) is 13.6. The molecule has 2 heterocycles. The summed E-state index contributed by atoms with van der Waals surface area (Å²) in [7, 11) is 0. The number of hydrogen-bond acceptors (Lipinski definition) is 5. The molecule has 2 aromatic carbocycles. The maximum Gasteiger partial charge on any atom is 0.164 e. The Balaban J connectivity index is 1.84. The summed E-state index contributed by atoms with van der Waals surface area (Å²) in [5, 5.41) is 1.93. The van der Waals surface area contributed by atoms with Gasteiger partial charge in [0.1, 0.15) is 16.5 Å². The number of benzene rings is 2. The highest BCUT2D eigenvalue weighted by Gasteiger charge is 2.13. The molecule has 122 valence electrons. The van der Waals surface area contributed by atoms with Gasteiger partial charge in [0.15, 0.2) is 5.82 Å². The molecule has 0 spiro atoms. The van der Waals surface area contributed by atoms with E-state index in [4.69, 9.17) is 9.72 Å². The average molecular weight is 345 g/mol. The van der Waals surface area contributed by atoms with E-state index in [-0.39, 0.29) is 0 Å². The number of thioether (sulfide) groups is 1. The number of nitrogens with zero attached hydrogens (tertiary/aromatic N) is 3. The van der Waals surface area contributed by atoms with Gasteiger partial charge in [0.2, 0.25) is 0 Å². The quantitative estimate of drug-likeness (QED) is 0.375. The maximum atomic E-state index is 6.05. The lowest BCUT2D eigenvalue weighted by Gasteiger charge is -2.12. The molecule has 0 N–H and O–H groups in total. The van der Waals surface area contributed by atoms with Crippen molar-refractivity contribution in [3.8, 4) is 22.9 Å². The molecule has 0 saturated carbocycles. The van der Waals surface area contributed by atoms with Gasteiger partial charge >= 0.3 is 0 Å². The van der Waals surface area contributed by atoms with Crippen LogP contribution in [0, 0.1) is 0 Å². The predicted octanol–water partition coefficient (Wildman–Crippen LogP) is 5.21. The first-order valence-electron chi connectivity index (χ1n) is 7.83. The normalized spacial score (nSPS) is 10.8. The van der Waals surface area contributed by atoms with Gasteiger partial charge in [0, 0.05) is 11.6 Å². The van der Waals surface area contributed by atoms with E-state index in [0.29, 0.717) is 5.82 Å². The van der Waals surface area contributed by atoms with E-state index in [1.807, 2.05) is 66.9 Å². The molecule has 0 aliphatic heterocycles. The van der Waals surface area contributed by atoms with E-state index >= 15 is 0 Å². The second-order valence-electron chi connectivity index (χ2n) is 5.36. The van der Waals surface area contributed by atoms with E-state index in [0.717, 1.165) is 33.0 Å². The minimum atomic E-state index is 0.636. The summed E-state index contributed by atoms with van der Waals surface area (Å²) in [6, 6.07) is 19.5. The number of rotatable bonds is 4. The molecule has 5 heteroatoms. The fourth-order valence-corrected chi connectivity index (χ4v) is 3.15. The minimum absolute atomic E-state index is 0.636. The van der Waals surface area contributed by atoms with Gasteiger partial charge in [0.25, 0.3) is 0 Å². The molecule has 0 aliphatic rings. The number of pyridine rings is 1. The van der Waals surface area contributed by atoms with Crippen LogP contribution in [0.4, 0.5) is 0 Å². The van der Waals surface area contributed by atoms with Gasteiger partial charge in [-0.25, -0.2) is 9.97 Å². The third-order valence-corrected chi connectivity index (χ3v) is 4.45. The van der Waals surface area contributed by atoms with Crippen LogP contribution in [0.1, 0.15) is 0 Å². The zero-order chi connectivity index (χ0) is 17.1. The van der Waals surface area contributed by atoms with Crippen LogP contribution in [0.5, 0.6) is 11.5 Å². The molecular weight excluding hydrogens is 330 g/mol. The van der Waals surface area contributed by atoms with Gasteiger partial charge in [0.05, 0.1) is 17.3 Å². The molecule has 2 aromatic heterocycles. The van der Waals surface area contributed by atoms with Crippen molar-refractivity contribution in [3.05, 3.63) is 73.1 Å². The van der Waals surface area contributed by atoms with Crippen LogP contribution in [-0.4, -0.2) is 21.2 Å². The van der Waals surface area contributed by atoms with Gasteiger partial charge in [-0.3, -0.25) is 4.98 Å². The van der Waals surface area contributed by atoms with Gasteiger partial charge in [-0.15, -0.1) is 11.8 Å². The number of fused-ring (bicyclic) bond motifs is 1. The summed E-state index contributed by atoms with van der Waals surface area (Å²) in [4.78, 5) is 13.6. The number of aromatic nitrogens is 3. The molecule has 4 aromatic rings. The van der Waals surface area contributed by atoms with Crippen LogP contribution < -0.4 is 4.74 Å². The third kappa shape index (κ3) is 3.19. The largest absolute Gasteiger partial charge is 0.457 e. The molecule has 25 heavy (non-hydrogen) atoms. The fraction of sp³-hybridized carbons (Fsp3) is 0.0500. The molecule has 0 atom stereocenters. The Hall–Kier alpha value is -2.92. The summed E-state index contributed by atoms with van der Waals surface area (Å²) in [5.74, 6) is 2.14. The van der Waals surface area contributed by atoms with Crippen LogP contribution in [0.25, 0.3) is 22.3 Å². The molecule has 0 fully saturated rings. The van der Waals surface area contributed by atoms with Crippen LogP contribution in [0.2, 0.25) is 0 Å². The average Bonchev–Trinajstić information content (AvgIpc) is 2.68. The topological polar surface area (TPSA) is 47.9 Å². The van der Waals surface area contributed by atoms with Crippen LogP contribution in [-0.2, 0) is 0 Å². The Labute approximate surface area is 149 Å². The predicted molar refractivity (Wildman–Crippen MR) is 101 cm³/mol. The first-order valence-corrected chi connectivity index (χ1v) is 9.05. The number of para-hydroxylation sites is 2. The highest BCUT2D eigenvalue weighted by molar-refractivity contribution is 7.98. The molecule has 4 nitrogen and oxygen atoms in total. The third-order valence-electron chi connectivity index (χ3n) is 3.76. The van der Waals surface area contributed by atoms with E-state index < -0.39 is 0 Å². The minimum Gasteiger partial charge on any atom is -0.457 e. The lowest BCUT2D eigenvalue weighted by Crippen LogP contribution is -1.96. The Morgan fingerprint density at radius 1 is 0.880 bits per heavy atom. The summed E-state index contributed by atoms with van der Waals surface area (Å²) in [6.07, 6.45) is 5.54. The lowest BCUT2D eigenvalue weighted by atomic mass is 10.1. The van der Waals surface area contributed by atoms with Crippen molar-refractivity contribution in [1.29, 1.82) is 0 Å². The summed E-state index contributed by atoms with van der Waals surface area (Å²) in [5.41, 5.74) is 1.68. The molecule has 0 bridgehead atoms. The van der Waals surface area contributed by atoms with Crippen LogP contribution >= 0.6 is 11.8 Å². The Morgan fingerprint density at radius 2 is 1.68 bits per heavy atom. The second kappa shape index (κ2) is 6.91. The van der Waals surface area contributed by atoms with Crippen molar-refractivity contribution in [3.63, 3.8) is 0 Å². The summed E-state index contributed by atoms with van der Waals surface area (Å²) in [6.45, 7) is 0. The molecule has 0 saturated heterocycles. The summed E-state index contributed by atoms with van der Waals surface area (Å²) < 4.78 is 6.05. The van der Waals surface area contributed by atoms with Gasteiger partial charge in [-0.2, -0.15) is 0 Å². The monoisotopic (exact) mass is 345 g/mol. The van der Waals surface area contributed by atoms with Gasteiger partial charge in [-0.05, 0) is 36.6 Å². The molecule has 0 unspecified atom stereocenters. The SMILES string of the molecule is CSc1nc(-c2ccccc2Oc2ccccc2)nc2cnccc12. The molecular formula is C20H15N3OS. The highest BCUT2D eigenvalue weighted by Crippen LogP contribution is 2.33. The van der Waals surface area contributed by atoms with E-state index in [1.165, 1.54) is 0 Å². The van der Waals surface area contributed by atoms with Crippen LogP contribution in [0.15, 0.2) is 78.1 Å². The number of hydrogen-bond donors (Lipinski definition) is 0. The Bertz CT molecular complexity index is 1020. The molecule has 0 radical (unpaired) electrons. The maximum absolute atomic E-state index is 6.05. The van der Waals surface area contributed by atoms with E-state index in [9.17, 15) is 0 Å². The van der Waals surface area contributed by atoms with E-state index in [1.54, 1.807) is 24.2 Å². The number of ether oxygens (including phenoxy) is 1. The molecule has 4 rings (SSSR count). The standard InChI is InChI=1S/C20H15N3OS/c1-25-20-15-11-12-21-13-17(15)22-19(23-20)16-9-5-6-10-18(16)24-14-7-3-2-4-8-14/h2-13H,1H3. The highest BCUT2D eigenvalue weighted by atomic mass is 32.2. The van der Waals surface area contributed by atoms with Crippen molar-refractivity contribution in [2.24, 2.45) is 0 Å². The smallest absolute Gasteiger partial charge is 0.164 e. The van der Waals surface area contributed by atoms with Gasteiger partial charge < -0.3 is 4.74 Å². The Kier molecular flexibility index (Phi) is 4.31. The van der Waals surface area contributed by atoms with Crippen molar-refractivity contribution >= 4 is 22.7 Å². The van der Waals surface area contributed by atoms with Crippen molar-refractivity contribution in [2.75, 3.05) is 6.26 Å². The van der Waals surface area contributed by atoms with E-state index in [2.05, 4.69) is 9.97 Å². The zero-order valence-corrected chi connectivity index (χ0v) is 14.4. The second-order valence-corrected chi connectivity index (χ2v) is 6.16. The fourth-order valence-electron chi connectivity index (χ4n) is 2.58. The van der Waals surface area contributed by atoms with Crippen LogP contribution in [0.3, 0.4) is 0 Å².